The predicted molar refractivity (Wildman–Crippen MR) is 255 cm³/mol. The monoisotopic (exact) mass is 1020 g/mol. The third kappa shape index (κ3) is 10.7. The van der Waals surface area contributed by atoms with Crippen molar-refractivity contribution in [3.8, 4) is 16.2 Å². The van der Waals surface area contributed by atoms with E-state index in [0.29, 0.717) is 51.6 Å². The number of carboxylic acid groups (broad SMARTS) is 2. The van der Waals surface area contributed by atoms with Crippen LogP contribution in [0.5, 0.6) is 5.75 Å². The summed E-state index contributed by atoms with van der Waals surface area (Å²) in [6, 6.07) is 17.2. The number of carbonyl (C=O) groups is 7. The Morgan fingerprint density at radius 1 is 0.986 bits per heavy atom. The molecule has 6 N–H and O–H groups in total. The van der Waals surface area contributed by atoms with Gasteiger partial charge in [-0.05, 0) is 80.6 Å². The third-order valence-electron chi connectivity index (χ3n) is 11.9. The van der Waals surface area contributed by atoms with Crippen LogP contribution in [-0.4, -0.2) is 115 Å². The fourth-order valence-corrected chi connectivity index (χ4v) is 12.2. The minimum absolute atomic E-state index is 0.00514. The number of aromatic nitrogens is 3. The maximum absolute atomic E-state index is 14.0. The fourth-order valence-electron chi connectivity index (χ4n) is 8.84. The van der Waals surface area contributed by atoms with Gasteiger partial charge in [0.25, 0.3) is 11.8 Å². The number of imide groups is 2. The molecule has 21 nitrogen and oxygen atoms in total. The number of rotatable bonds is 18. The molecule has 0 saturated carbocycles. The average Bonchev–Trinajstić information content (AvgIpc) is 3.97. The van der Waals surface area contributed by atoms with Crippen LogP contribution in [0.15, 0.2) is 72.9 Å². The maximum Gasteiger partial charge on any atom is 0.349 e. The summed E-state index contributed by atoms with van der Waals surface area (Å²) in [5.74, 6) is -5.90. The molecule has 0 bridgehead atoms. The number of amides is 5. The number of halogens is 1. The van der Waals surface area contributed by atoms with Crippen molar-refractivity contribution in [1.29, 1.82) is 0 Å². The molecule has 0 radical (unpaired) electrons. The van der Waals surface area contributed by atoms with E-state index in [-0.39, 0.29) is 83.4 Å². The Bertz CT molecular complexity index is 3060. The first kappa shape index (κ1) is 49.2. The van der Waals surface area contributed by atoms with E-state index < -0.39 is 63.8 Å². The lowest BCUT2D eigenvalue weighted by Crippen LogP contribution is -2.55. The highest BCUT2D eigenvalue weighted by atomic mass is 35.5. The first-order chi connectivity index (χ1) is 33.3. The summed E-state index contributed by atoms with van der Waals surface area (Å²) in [6.07, 6.45) is 2.61. The molecule has 3 aliphatic rings. The Labute approximate surface area is 409 Å². The lowest BCUT2D eigenvalue weighted by Gasteiger charge is -2.45. The number of nitrogens with one attached hydrogen (secondary N) is 4. The first-order valence-corrected chi connectivity index (χ1v) is 24.7. The number of aryl methyl sites for hydroxylation is 1. The van der Waals surface area contributed by atoms with E-state index in [1.807, 2.05) is 19.9 Å². The van der Waals surface area contributed by atoms with Crippen molar-refractivity contribution >= 4 is 91.5 Å². The molecule has 5 amide bonds. The number of hydrogen-bond donors (Lipinski definition) is 6. The number of aliphatic carboxylic acids is 1. The fraction of sp³-hybridized carbons (Fsp3) is 0.326. The Kier molecular flexibility index (Phi) is 14.1. The molecule has 5 aromatic rings. The van der Waals surface area contributed by atoms with Gasteiger partial charge in [0.2, 0.25) is 27.7 Å². The van der Waals surface area contributed by atoms with Crippen LogP contribution in [-0.2, 0) is 48.0 Å². The van der Waals surface area contributed by atoms with E-state index in [1.54, 1.807) is 60.8 Å². The molecule has 70 heavy (non-hydrogen) atoms. The summed E-state index contributed by atoms with van der Waals surface area (Å²) < 4.78 is 36.1. The highest BCUT2D eigenvalue weighted by molar-refractivity contribution is 7.88. The van der Waals surface area contributed by atoms with Gasteiger partial charge >= 0.3 is 11.9 Å². The second-order valence-electron chi connectivity index (χ2n) is 17.4. The van der Waals surface area contributed by atoms with Crippen LogP contribution in [0.3, 0.4) is 0 Å². The van der Waals surface area contributed by atoms with Crippen molar-refractivity contribution in [2.45, 2.75) is 82.4 Å². The van der Waals surface area contributed by atoms with E-state index in [2.05, 4.69) is 31.6 Å². The quantitative estimate of drug-likeness (QED) is 0.0626. The molecule has 2 atom stereocenters. The number of hydrogen-bond acceptors (Lipinski definition) is 15. The van der Waals surface area contributed by atoms with Crippen molar-refractivity contribution in [2.75, 3.05) is 29.1 Å². The predicted octanol–water partition coefficient (Wildman–Crippen LogP) is 5.05. The highest BCUT2D eigenvalue weighted by Gasteiger charge is 2.46. The van der Waals surface area contributed by atoms with Crippen molar-refractivity contribution in [3.05, 3.63) is 105 Å². The molecule has 3 aromatic carbocycles. The van der Waals surface area contributed by atoms with Crippen LogP contribution in [0.25, 0.3) is 10.4 Å². The molecule has 0 aliphatic carbocycles. The van der Waals surface area contributed by atoms with Gasteiger partial charge in [0.1, 0.15) is 16.8 Å². The number of carbonyl (C=O) groups excluding carboxylic acids is 5. The molecule has 3 aliphatic heterocycles. The zero-order valence-electron chi connectivity index (χ0n) is 37.6. The van der Waals surface area contributed by atoms with Crippen LogP contribution in [0.1, 0.15) is 87.6 Å². The molecule has 8 rings (SSSR count). The molecule has 366 valence electrons. The zero-order chi connectivity index (χ0) is 50.1. The number of fused-ring (bicyclic) bond motifs is 1. The van der Waals surface area contributed by atoms with Gasteiger partial charge in [-0.2, -0.15) is 4.31 Å². The third-order valence-corrected chi connectivity index (χ3v) is 15.6. The number of aromatic carboxylic acids is 1. The minimum atomic E-state index is -3.84. The first-order valence-electron chi connectivity index (χ1n) is 21.9. The molecular formula is C46H46ClN9O12S2. The summed E-state index contributed by atoms with van der Waals surface area (Å²) in [5.41, 5.74) is 2.44. The standard InChI is InChI=1S/C46H46ClN9O12S2/c1-46(2)20-29(49-28-9-4-7-26(19-28)40-38(47)39(68-23-36(59)60)41(69-40)45(64)65)14-17-55(46)70(66,67)24-25-6-3-8-27(18-25)50-35(58)15-16-54-22-30(52-53-54)21-48-32-11-5-10-31-37(32)44(63)56(43(31)62)33-12-13-34(57)51-42(33)61/h3-11,18-19,22,29,33,48-49H,12-17,20-21,23-24H2,1-2H3,(H,50,58)(H,59,60)(H,64,65)(H,51,57,61)/t29-,33?/m0/s1. The molecule has 1 unspecified atom stereocenters. The summed E-state index contributed by atoms with van der Waals surface area (Å²) in [4.78, 5) is 87.9. The molecule has 2 aromatic heterocycles. The number of benzene rings is 3. The van der Waals surface area contributed by atoms with Crippen LogP contribution in [0.2, 0.25) is 5.02 Å². The Morgan fingerprint density at radius 3 is 2.49 bits per heavy atom. The molecule has 24 heteroatoms. The largest absolute Gasteiger partial charge is 0.479 e. The van der Waals surface area contributed by atoms with Crippen molar-refractivity contribution in [3.63, 3.8) is 0 Å². The Balaban J connectivity index is 0.823. The van der Waals surface area contributed by atoms with Crippen LogP contribution in [0.4, 0.5) is 17.1 Å². The number of nitrogens with zero attached hydrogens (tertiary/aromatic N) is 5. The Morgan fingerprint density at radius 2 is 1.74 bits per heavy atom. The van der Waals surface area contributed by atoms with Gasteiger partial charge in [0.05, 0.1) is 41.0 Å². The molecule has 5 heterocycles. The number of anilines is 3. The average molecular weight is 1020 g/mol. The summed E-state index contributed by atoms with van der Waals surface area (Å²) in [7, 11) is -3.84. The normalized spacial score (nSPS) is 18.0. The van der Waals surface area contributed by atoms with Crippen LogP contribution in [0, 0.1) is 0 Å². The lowest BCUT2D eigenvalue weighted by molar-refractivity contribution is -0.139. The van der Waals surface area contributed by atoms with Gasteiger partial charge in [0.15, 0.2) is 17.2 Å². The second kappa shape index (κ2) is 20.0. The van der Waals surface area contributed by atoms with E-state index >= 15 is 0 Å². The molecule has 0 spiro atoms. The van der Waals surface area contributed by atoms with E-state index in [1.165, 1.54) is 15.1 Å². The number of carboxylic acids is 2. The number of sulfonamides is 1. The van der Waals surface area contributed by atoms with Gasteiger partial charge in [0, 0.05) is 48.0 Å². The summed E-state index contributed by atoms with van der Waals surface area (Å²) >= 11 is 7.38. The van der Waals surface area contributed by atoms with Gasteiger partial charge in [-0.1, -0.05) is 47.1 Å². The number of thiophene rings is 1. The topological polar surface area (TPSA) is 289 Å². The molecule has 2 saturated heterocycles. The second-order valence-corrected chi connectivity index (χ2v) is 20.7. The zero-order valence-corrected chi connectivity index (χ0v) is 40.0. The SMILES string of the molecule is CC1(C)C[C@@H](Nc2cccc(-c3sc(C(=O)O)c(OCC(=O)O)c3Cl)c2)CCN1S(=O)(=O)Cc1cccc(NC(=O)CCn2cc(CNc3cccc4c3C(=O)N(C3CCC(=O)NC3=O)C4=O)nn2)c1. The van der Waals surface area contributed by atoms with Gasteiger partial charge in [-0.25, -0.2) is 18.0 Å². The number of ether oxygens (including phenoxy) is 1. The van der Waals surface area contributed by atoms with E-state index in [9.17, 15) is 47.1 Å². The van der Waals surface area contributed by atoms with Gasteiger partial charge in [-0.3, -0.25) is 38.9 Å². The lowest BCUT2D eigenvalue weighted by atomic mass is 9.89. The summed E-state index contributed by atoms with van der Waals surface area (Å²) in [5, 5.41) is 38.6. The van der Waals surface area contributed by atoms with E-state index in [4.69, 9.17) is 21.4 Å². The van der Waals surface area contributed by atoms with Crippen molar-refractivity contribution in [1.82, 2.24) is 29.5 Å². The number of piperidine rings is 2. The van der Waals surface area contributed by atoms with Crippen LogP contribution < -0.4 is 26.0 Å². The van der Waals surface area contributed by atoms with Crippen LogP contribution >= 0.6 is 22.9 Å². The Hall–Kier alpha value is -7.21. The maximum atomic E-state index is 14.0. The van der Waals surface area contributed by atoms with E-state index in [0.717, 1.165) is 16.2 Å². The summed E-state index contributed by atoms with van der Waals surface area (Å²) in [6.45, 7) is 3.46. The molecular weight excluding hydrogens is 970 g/mol. The highest BCUT2D eigenvalue weighted by Crippen LogP contribution is 2.46. The minimum Gasteiger partial charge on any atom is -0.479 e. The molecule has 2 fully saturated rings. The van der Waals surface area contributed by atoms with Gasteiger partial charge < -0.3 is 30.9 Å². The van der Waals surface area contributed by atoms with Crippen molar-refractivity contribution < 1.29 is 56.9 Å². The van der Waals surface area contributed by atoms with Crippen molar-refractivity contribution in [2.24, 2.45) is 0 Å². The van der Waals surface area contributed by atoms with Gasteiger partial charge in [-0.15, -0.1) is 16.4 Å². The smallest absolute Gasteiger partial charge is 0.349 e.